The highest BCUT2D eigenvalue weighted by atomic mass is 16.5. The van der Waals surface area contributed by atoms with Crippen LogP contribution in [0.2, 0.25) is 0 Å². The van der Waals surface area contributed by atoms with Crippen molar-refractivity contribution in [2.75, 3.05) is 12.4 Å². The zero-order chi connectivity index (χ0) is 18.9. The van der Waals surface area contributed by atoms with E-state index in [2.05, 4.69) is 25.1 Å². The minimum absolute atomic E-state index is 0.328. The summed E-state index contributed by atoms with van der Waals surface area (Å²) in [7, 11) is 1.31. The number of methoxy groups -OCH3 is 1. The van der Waals surface area contributed by atoms with Gasteiger partial charge in [-0.1, -0.05) is 12.1 Å². The van der Waals surface area contributed by atoms with Gasteiger partial charge in [-0.2, -0.15) is 5.10 Å². The number of aliphatic hydroxyl groups is 1. The molecule has 136 valence electrons. The first kappa shape index (κ1) is 17.8. The topological polar surface area (TPSA) is 102 Å². The summed E-state index contributed by atoms with van der Waals surface area (Å²) in [5.74, 6) is 0.613. The smallest absolute Gasteiger partial charge is 0.411 e. The Morgan fingerprint density at radius 1 is 1.27 bits per heavy atom. The molecule has 0 bridgehead atoms. The number of carbonyl (C=O) groups is 1. The van der Waals surface area contributed by atoms with Crippen molar-refractivity contribution in [1.82, 2.24) is 19.7 Å². The Morgan fingerprint density at radius 3 is 2.58 bits per heavy atom. The molecule has 3 aromatic rings. The van der Waals surface area contributed by atoms with Gasteiger partial charge in [-0.05, 0) is 32.9 Å². The third kappa shape index (κ3) is 3.80. The second kappa shape index (κ2) is 6.72. The van der Waals surface area contributed by atoms with Crippen LogP contribution in [0.5, 0.6) is 0 Å². The summed E-state index contributed by atoms with van der Waals surface area (Å²) >= 11 is 0. The molecule has 26 heavy (non-hydrogen) atoms. The molecule has 2 heterocycles. The molecule has 0 aliphatic heterocycles. The summed E-state index contributed by atoms with van der Waals surface area (Å²) in [6, 6.07) is 7.27. The van der Waals surface area contributed by atoms with E-state index >= 15 is 0 Å². The SMILES string of the molecule is COC(=O)Nc1ccc(-c2nc(C)nc3c2cnn3CC(C)(C)O)cc1. The van der Waals surface area contributed by atoms with Gasteiger partial charge in [0.1, 0.15) is 5.82 Å². The van der Waals surface area contributed by atoms with E-state index in [1.54, 1.807) is 36.9 Å². The third-order valence-corrected chi connectivity index (χ3v) is 3.73. The highest BCUT2D eigenvalue weighted by Crippen LogP contribution is 2.27. The van der Waals surface area contributed by atoms with E-state index in [-0.39, 0.29) is 0 Å². The van der Waals surface area contributed by atoms with Gasteiger partial charge in [-0.25, -0.2) is 19.4 Å². The van der Waals surface area contributed by atoms with Crippen molar-refractivity contribution in [3.63, 3.8) is 0 Å². The minimum Gasteiger partial charge on any atom is -0.453 e. The molecular weight excluding hydrogens is 334 g/mol. The van der Waals surface area contributed by atoms with Crippen LogP contribution >= 0.6 is 0 Å². The quantitative estimate of drug-likeness (QED) is 0.746. The molecule has 0 saturated heterocycles. The van der Waals surface area contributed by atoms with E-state index in [9.17, 15) is 9.90 Å². The molecule has 3 rings (SSSR count). The molecule has 0 saturated carbocycles. The predicted octanol–water partition coefficient (Wildman–Crippen LogP) is 2.75. The molecule has 0 aliphatic carbocycles. The molecule has 1 aromatic carbocycles. The Hall–Kier alpha value is -3.00. The van der Waals surface area contributed by atoms with Crippen molar-refractivity contribution < 1.29 is 14.6 Å². The number of fused-ring (bicyclic) bond motifs is 1. The van der Waals surface area contributed by atoms with E-state index in [1.165, 1.54) is 7.11 Å². The van der Waals surface area contributed by atoms with Crippen LogP contribution in [0.4, 0.5) is 10.5 Å². The summed E-state index contributed by atoms with van der Waals surface area (Å²) in [4.78, 5) is 20.3. The summed E-state index contributed by atoms with van der Waals surface area (Å²) in [5.41, 5.74) is 2.02. The second-order valence-corrected chi connectivity index (χ2v) is 6.67. The maximum atomic E-state index is 11.3. The van der Waals surface area contributed by atoms with Crippen molar-refractivity contribution >= 4 is 22.8 Å². The third-order valence-electron chi connectivity index (χ3n) is 3.73. The normalized spacial score (nSPS) is 11.6. The molecule has 0 fully saturated rings. The number of hydrogen-bond acceptors (Lipinski definition) is 6. The number of carbonyl (C=O) groups excluding carboxylic acids is 1. The predicted molar refractivity (Wildman–Crippen MR) is 97.8 cm³/mol. The van der Waals surface area contributed by atoms with Gasteiger partial charge in [0.2, 0.25) is 0 Å². The van der Waals surface area contributed by atoms with Gasteiger partial charge in [0.25, 0.3) is 0 Å². The Balaban J connectivity index is 2.01. The van der Waals surface area contributed by atoms with E-state index in [0.717, 1.165) is 16.6 Å². The van der Waals surface area contributed by atoms with Crippen molar-refractivity contribution in [2.24, 2.45) is 0 Å². The molecule has 0 spiro atoms. The molecule has 2 aromatic heterocycles. The zero-order valence-corrected chi connectivity index (χ0v) is 15.1. The molecule has 8 heteroatoms. The molecule has 0 aliphatic rings. The number of hydrogen-bond donors (Lipinski definition) is 2. The number of aryl methyl sites for hydroxylation is 1. The van der Waals surface area contributed by atoms with Gasteiger partial charge in [-0.15, -0.1) is 0 Å². The summed E-state index contributed by atoms with van der Waals surface area (Å²) in [6.07, 6.45) is 1.18. The fourth-order valence-electron chi connectivity index (χ4n) is 2.65. The molecule has 0 unspecified atom stereocenters. The van der Waals surface area contributed by atoms with Gasteiger partial charge in [-0.3, -0.25) is 5.32 Å². The van der Waals surface area contributed by atoms with Crippen molar-refractivity contribution in [2.45, 2.75) is 32.9 Å². The van der Waals surface area contributed by atoms with Crippen LogP contribution in [-0.4, -0.2) is 43.7 Å². The Kier molecular flexibility index (Phi) is 4.60. The number of nitrogens with zero attached hydrogens (tertiary/aromatic N) is 4. The molecule has 0 radical (unpaired) electrons. The van der Waals surface area contributed by atoms with Crippen LogP contribution in [0, 0.1) is 6.92 Å². The Labute approximate surface area is 150 Å². The number of aromatic nitrogens is 4. The van der Waals surface area contributed by atoms with Crippen LogP contribution < -0.4 is 5.32 Å². The number of anilines is 1. The lowest BCUT2D eigenvalue weighted by molar-refractivity contribution is 0.0589. The first-order valence-electron chi connectivity index (χ1n) is 8.15. The average Bonchev–Trinajstić information content (AvgIpc) is 2.95. The number of nitrogens with one attached hydrogen (secondary N) is 1. The van der Waals surface area contributed by atoms with Crippen molar-refractivity contribution in [3.8, 4) is 11.3 Å². The fraction of sp³-hybridized carbons (Fsp3) is 0.333. The van der Waals surface area contributed by atoms with Crippen LogP contribution in [0.15, 0.2) is 30.5 Å². The standard InChI is InChI=1S/C18H21N5O3/c1-11-20-15(12-5-7-13(8-6-12)22-17(24)26-4)14-9-19-23(16(14)21-11)10-18(2,3)25/h5-9,25H,10H2,1-4H3,(H,22,24). The lowest BCUT2D eigenvalue weighted by Crippen LogP contribution is -2.26. The minimum atomic E-state index is -0.904. The summed E-state index contributed by atoms with van der Waals surface area (Å²) in [6.45, 7) is 5.59. The van der Waals surface area contributed by atoms with E-state index in [1.807, 2.05) is 19.1 Å². The number of benzene rings is 1. The maximum absolute atomic E-state index is 11.3. The zero-order valence-electron chi connectivity index (χ0n) is 15.1. The molecular formula is C18H21N5O3. The molecule has 8 nitrogen and oxygen atoms in total. The highest BCUT2D eigenvalue weighted by Gasteiger charge is 2.19. The maximum Gasteiger partial charge on any atom is 0.411 e. The highest BCUT2D eigenvalue weighted by molar-refractivity contribution is 5.91. The van der Waals surface area contributed by atoms with Crippen molar-refractivity contribution in [3.05, 3.63) is 36.3 Å². The molecule has 2 N–H and O–H groups in total. The van der Waals surface area contributed by atoms with Crippen molar-refractivity contribution in [1.29, 1.82) is 0 Å². The largest absolute Gasteiger partial charge is 0.453 e. The lowest BCUT2D eigenvalue weighted by atomic mass is 10.1. The summed E-state index contributed by atoms with van der Waals surface area (Å²) < 4.78 is 6.26. The second-order valence-electron chi connectivity index (χ2n) is 6.67. The molecule has 1 amide bonds. The van der Waals surface area contributed by atoms with Crippen LogP contribution in [-0.2, 0) is 11.3 Å². The Morgan fingerprint density at radius 2 is 1.96 bits per heavy atom. The number of ether oxygens (including phenoxy) is 1. The monoisotopic (exact) mass is 355 g/mol. The first-order chi connectivity index (χ1) is 12.3. The summed E-state index contributed by atoms with van der Waals surface area (Å²) in [5, 5.41) is 17.8. The number of rotatable bonds is 4. The fourth-order valence-corrected chi connectivity index (χ4v) is 2.65. The lowest BCUT2D eigenvalue weighted by Gasteiger charge is -2.17. The van der Waals surface area contributed by atoms with E-state index in [0.29, 0.717) is 23.7 Å². The van der Waals surface area contributed by atoms with Crippen LogP contribution in [0.25, 0.3) is 22.3 Å². The van der Waals surface area contributed by atoms with Crippen LogP contribution in [0.1, 0.15) is 19.7 Å². The van der Waals surface area contributed by atoms with Gasteiger partial charge < -0.3 is 9.84 Å². The van der Waals surface area contributed by atoms with Gasteiger partial charge in [0.15, 0.2) is 5.65 Å². The average molecular weight is 355 g/mol. The molecule has 0 atom stereocenters. The Bertz CT molecular complexity index is 942. The first-order valence-corrected chi connectivity index (χ1v) is 8.15. The number of amides is 1. The van der Waals surface area contributed by atoms with E-state index in [4.69, 9.17) is 0 Å². The van der Waals surface area contributed by atoms with E-state index < -0.39 is 11.7 Å². The van der Waals surface area contributed by atoms with Crippen LogP contribution in [0.3, 0.4) is 0 Å². The van der Waals surface area contributed by atoms with Gasteiger partial charge in [0.05, 0.1) is 36.5 Å². The van der Waals surface area contributed by atoms with Gasteiger partial charge >= 0.3 is 6.09 Å². The van der Waals surface area contributed by atoms with Gasteiger partial charge in [0, 0.05) is 11.3 Å².